The minimum Gasteiger partial charge on any atom is -0.482 e. The third-order valence-corrected chi connectivity index (χ3v) is 3.80. The van der Waals surface area contributed by atoms with E-state index in [0.29, 0.717) is 17.0 Å². The molecule has 0 radical (unpaired) electrons. The number of halogens is 3. The van der Waals surface area contributed by atoms with E-state index in [4.69, 9.17) is 4.74 Å². The van der Waals surface area contributed by atoms with Gasteiger partial charge in [-0.2, -0.15) is 0 Å². The van der Waals surface area contributed by atoms with Crippen LogP contribution in [-0.4, -0.2) is 12.5 Å². The average Bonchev–Trinajstić information content (AvgIpc) is 2.41. The highest BCUT2D eigenvalue weighted by molar-refractivity contribution is 14.1. The predicted molar refractivity (Wildman–Crippen MR) is 82.2 cm³/mol. The smallest absolute Gasteiger partial charge is 0.265 e. The van der Waals surface area contributed by atoms with Gasteiger partial charge in [0.25, 0.3) is 5.91 Å². The molecule has 3 nitrogen and oxygen atoms in total. The molecule has 0 saturated carbocycles. The van der Waals surface area contributed by atoms with E-state index in [1.807, 2.05) is 12.1 Å². The summed E-state index contributed by atoms with van der Waals surface area (Å²) in [7, 11) is 0. The molecule has 0 aliphatic carbocycles. The second-order valence-electron chi connectivity index (χ2n) is 4.66. The van der Waals surface area contributed by atoms with Crippen LogP contribution in [-0.2, 0) is 11.3 Å². The molecule has 0 unspecified atom stereocenters. The minimum absolute atomic E-state index is 0.0780. The molecule has 6 heteroatoms. The van der Waals surface area contributed by atoms with Gasteiger partial charge >= 0.3 is 0 Å². The molecule has 2 aromatic rings. The fourth-order valence-corrected chi connectivity index (χ4v) is 2.71. The van der Waals surface area contributed by atoms with Gasteiger partial charge in [-0.15, -0.1) is 0 Å². The van der Waals surface area contributed by atoms with E-state index in [2.05, 4.69) is 22.6 Å². The maximum absolute atomic E-state index is 13.3. The first kappa shape index (κ1) is 14.2. The van der Waals surface area contributed by atoms with Crippen molar-refractivity contribution in [2.75, 3.05) is 11.5 Å². The molecule has 1 aliphatic rings. The molecule has 1 aliphatic heterocycles. The number of rotatable bonds is 2. The van der Waals surface area contributed by atoms with Crippen LogP contribution in [0.3, 0.4) is 0 Å². The van der Waals surface area contributed by atoms with Crippen molar-refractivity contribution in [3.8, 4) is 5.75 Å². The van der Waals surface area contributed by atoms with Crippen LogP contribution >= 0.6 is 22.6 Å². The lowest BCUT2D eigenvalue weighted by Crippen LogP contribution is -2.38. The summed E-state index contributed by atoms with van der Waals surface area (Å²) >= 11 is 2.13. The van der Waals surface area contributed by atoms with Crippen LogP contribution in [0.5, 0.6) is 5.75 Å². The van der Waals surface area contributed by atoms with Crippen LogP contribution in [0.15, 0.2) is 36.4 Å². The highest BCUT2D eigenvalue weighted by Crippen LogP contribution is 2.34. The minimum atomic E-state index is -0.659. The lowest BCUT2D eigenvalue weighted by Gasteiger charge is -2.29. The first-order chi connectivity index (χ1) is 10.0. The predicted octanol–water partition coefficient (Wildman–Crippen LogP) is 3.50. The summed E-state index contributed by atoms with van der Waals surface area (Å²) < 4.78 is 32.8. The molecule has 0 atom stereocenters. The Morgan fingerprint density at radius 3 is 2.57 bits per heavy atom. The van der Waals surface area contributed by atoms with Crippen LogP contribution < -0.4 is 9.64 Å². The maximum Gasteiger partial charge on any atom is 0.265 e. The number of amides is 1. The molecular weight excluding hydrogens is 391 g/mol. The standard InChI is InChI=1S/C15H10F2INO2/c16-10-3-9(4-11(17)5-10)7-19-13-6-12(18)1-2-14(13)21-8-15(19)20/h1-6H,7-8H2. The van der Waals surface area contributed by atoms with Gasteiger partial charge in [-0.25, -0.2) is 8.78 Å². The van der Waals surface area contributed by atoms with Crippen molar-refractivity contribution >= 4 is 34.2 Å². The van der Waals surface area contributed by atoms with Crippen LogP contribution in [0.2, 0.25) is 0 Å². The second-order valence-corrected chi connectivity index (χ2v) is 5.90. The monoisotopic (exact) mass is 401 g/mol. The maximum atomic E-state index is 13.3. The summed E-state index contributed by atoms with van der Waals surface area (Å²) in [5, 5.41) is 0. The van der Waals surface area contributed by atoms with E-state index in [9.17, 15) is 13.6 Å². The molecule has 0 saturated heterocycles. The van der Waals surface area contributed by atoms with Gasteiger partial charge in [0.2, 0.25) is 0 Å². The molecule has 2 aromatic carbocycles. The van der Waals surface area contributed by atoms with Gasteiger partial charge < -0.3 is 9.64 Å². The van der Waals surface area contributed by atoms with E-state index in [-0.39, 0.29) is 19.1 Å². The fourth-order valence-electron chi connectivity index (χ4n) is 2.23. The lowest BCUT2D eigenvalue weighted by atomic mass is 10.1. The summed E-state index contributed by atoms with van der Waals surface area (Å²) in [5.41, 5.74) is 1.01. The Labute approximate surface area is 133 Å². The molecule has 21 heavy (non-hydrogen) atoms. The topological polar surface area (TPSA) is 29.5 Å². The molecule has 0 bridgehead atoms. The lowest BCUT2D eigenvalue weighted by molar-refractivity contribution is -0.121. The Kier molecular flexibility index (Phi) is 3.79. The molecule has 0 fully saturated rings. The average molecular weight is 401 g/mol. The summed E-state index contributed by atoms with van der Waals surface area (Å²) in [6.07, 6.45) is 0. The van der Waals surface area contributed by atoms with Gasteiger partial charge in [0.05, 0.1) is 12.2 Å². The largest absolute Gasteiger partial charge is 0.482 e. The summed E-state index contributed by atoms with van der Waals surface area (Å²) in [6, 6.07) is 8.71. The Hall–Kier alpha value is -1.70. The van der Waals surface area contributed by atoms with Crippen LogP contribution in [0, 0.1) is 15.2 Å². The van der Waals surface area contributed by atoms with Gasteiger partial charge in [0.1, 0.15) is 17.4 Å². The molecular formula is C15H10F2INO2. The zero-order chi connectivity index (χ0) is 15.0. The number of ether oxygens (including phenoxy) is 1. The molecule has 108 valence electrons. The normalized spacial score (nSPS) is 13.9. The number of anilines is 1. The molecule has 0 spiro atoms. The number of hydrogen-bond acceptors (Lipinski definition) is 2. The first-order valence-corrected chi connectivity index (χ1v) is 7.28. The number of nitrogens with zero attached hydrogens (tertiary/aromatic N) is 1. The Balaban J connectivity index is 1.98. The third-order valence-electron chi connectivity index (χ3n) is 3.13. The Bertz CT molecular complexity index is 701. The van der Waals surface area contributed by atoms with Crippen molar-refractivity contribution in [1.29, 1.82) is 0 Å². The zero-order valence-electron chi connectivity index (χ0n) is 10.8. The van der Waals surface area contributed by atoms with E-state index >= 15 is 0 Å². The van der Waals surface area contributed by atoms with E-state index in [0.717, 1.165) is 9.64 Å². The van der Waals surface area contributed by atoms with Crippen LogP contribution in [0.25, 0.3) is 0 Å². The molecule has 0 aromatic heterocycles. The van der Waals surface area contributed by atoms with Crippen molar-refractivity contribution in [3.05, 3.63) is 57.2 Å². The quantitative estimate of drug-likeness (QED) is 0.722. The van der Waals surface area contributed by atoms with Crippen LogP contribution in [0.1, 0.15) is 5.56 Å². The van der Waals surface area contributed by atoms with Crippen molar-refractivity contribution < 1.29 is 18.3 Å². The third kappa shape index (κ3) is 2.99. The molecule has 3 rings (SSSR count). The molecule has 0 N–H and O–H groups in total. The number of fused-ring (bicyclic) bond motifs is 1. The number of carbonyl (C=O) groups is 1. The van der Waals surface area contributed by atoms with Gasteiger partial charge in [0.15, 0.2) is 6.61 Å². The fraction of sp³-hybridized carbons (Fsp3) is 0.133. The van der Waals surface area contributed by atoms with E-state index in [1.54, 1.807) is 6.07 Å². The second kappa shape index (κ2) is 5.59. The molecule has 1 amide bonds. The summed E-state index contributed by atoms with van der Waals surface area (Å²) in [5.74, 6) is -0.969. The Morgan fingerprint density at radius 2 is 1.86 bits per heavy atom. The summed E-state index contributed by atoms with van der Waals surface area (Å²) in [4.78, 5) is 13.5. The van der Waals surface area contributed by atoms with E-state index < -0.39 is 11.6 Å². The van der Waals surface area contributed by atoms with Gasteiger partial charge in [0, 0.05) is 9.64 Å². The SMILES string of the molecule is O=C1COc2ccc(I)cc2N1Cc1cc(F)cc(F)c1. The number of carbonyl (C=O) groups excluding carboxylic acids is 1. The Morgan fingerprint density at radius 1 is 1.14 bits per heavy atom. The van der Waals surface area contributed by atoms with Crippen molar-refractivity contribution in [2.24, 2.45) is 0 Å². The highest BCUT2D eigenvalue weighted by atomic mass is 127. The number of hydrogen-bond donors (Lipinski definition) is 0. The molecule has 1 heterocycles. The first-order valence-electron chi connectivity index (χ1n) is 6.20. The van der Waals surface area contributed by atoms with Crippen molar-refractivity contribution in [2.45, 2.75) is 6.54 Å². The van der Waals surface area contributed by atoms with Crippen LogP contribution in [0.4, 0.5) is 14.5 Å². The van der Waals surface area contributed by atoms with E-state index in [1.165, 1.54) is 17.0 Å². The summed E-state index contributed by atoms with van der Waals surface area (Å²) in [6.45, 7) is 0.0232. The van der Waals surface area contributed by atoms with Crippen molar-refractivity contribution in [1.82, 2.24) is 0 Å². The highest BCUT2D eigenvalue weighted by Gasteiger charge is 2.26. The van der Waals surface area contributed by atoms with Gasteiger partial charge in [-0.3, -0.25) is 4.79 Å². The van der Waals surface area contributed by atoms with Gasteiger partial charge in [-0.05, 0) is 58.5 Å². The van der Waals surface area contributed by atoms with Crippen molar-refractivity contribution in [3.63, 3.8) is 0 Å². The number of benzene rings is 2. The zero-order valence-corrected chi connectivity index (χ0v) is 12.9. The van der Waals surface area contributed by atoms with Gasteiger partial charge in [-0.1, -0.05) is 0 Å².